The molecule has 2 aromatic heterocycles. The molecule has 0 atom stereocenters. The van der Waals surface area contributed by atoms with Gasteiger partial charge in [0.05, 0.1) is 20.8 Å². The smallest absolute Gasteiger partial charge is 0.267 e. The lowest BCUT2D eigenvalue weighted by Crippen LogP contribution is -2.14. The number of benzene rings is 2. The number of aryl methyl sites for hydroxylation is 2. The molecule has 0 spiro atoms. The molecule has 0 aliphatic rings. The Morgan fingerprint density at radius 3 is 1.84 bits per heavy atom. The van der Waals surface area contributed by atoms with Gasteiger partial charge in [-0.25, -0.2) is 0 Å². The van der Waals surface area contributed by atoms with Gasteiger partial charge >= 0.3 is 0 Å². The molecule has 6 N–H and O–H groups in total. The molecule has 0 saturated heterocycles. The Hall–Kier alpha value is -3.36. The summed E-state index contributed by atoms with van der Waals surface area (Å²) in [6, 6.07) is 13.3. The Morgan fingerprint density at radius 1 is 0.742 bits per heavy atom. The normalized spacial score (nSPS) is 10.9. The van der Waals surface area contributed by atoms with Crippen molar-refractivity contribution in [3.05, 3.63) is 68.9 Å². The summed E-state index contributed by atoms with van der Waals surface area (Å²) >= 11 is 2.49. The van der Waals surface area contributed by atoms with Gasteiger partial charge in [-0.2, -0.15) is 0 Å². The Bertz CT molecular complexity index is 1340. The number of hydrogen-bond acceptors (Lipinski definition) is 6. The molecule has 4 rings (SSSR count). The zero-order valence-corrected chi connectivity index (χ0v) is 19.0. The number of rotatable bonds is 4. The zero-order valence-electron chi connectivity index (χ0n) is 17.3. The van der Waals surface area contributed by atoms with Gasteiger partial charge in [-0.3, -0.25) is 9.59 Å². The third kappa shape index (κ3) is 3.75. The van der Waals surface area contributed by atoms with E-state index in [2.05, 4.69) is 10.6 Å². The predicted octanol–water partition coefficient (Wildman–Crippen LogP) is 5.56. The van der Waals surface area contributed by atoms with Crippen LogP contribution in [0.4, 0.5) is 22.7 Å². The van der Waals surface area contributed by atoms with E-state index in [1.54, 1.807) is 0 Å². The van der Waals surface area contributed by atoms with E-state index in [-0.39, 0.29) is 11.8 Å². The number of nitrogens with two attached hydrogens (primary N) is 2. The van der Waals surface area contributed by atoms with Gasteiger partial charge < -0.3 is 22.1 Å². The molecule has 31 heavy (non-hydrogen) atoms. The van der Waals surface area contributed by atoms with Crippen LogP contribution < -0.4 is 22.1 Å². The average molecular weight is 451 g/mol. The summed E-state index contributed by atoms with van der Waals surface area (Å²) in [4.78, 5) is 26.5. The van der Waals surface area contributed by atoms with E-state index >= 15 is 0 Å². The molecule has 6 nitrogen and oxygen atoms in total. The molecule has 2 amide bonds. The summed E-state index contributed by atoms with van der Waals surface area (Å²) in [7, 11) is 0. The lowest BCUT2D eigenvalue weighted by Gasteiger charge is -2.10. The van der Waals surface area contributed by atoms with Crippen LogP contribution in [0.5, 0.6) is 0 Å². The van der Waals surface area contributed by atoms with E-state index in [1.165, 1.54) is 22.7 Å². The van der Waals surface area contributed by atoms with E-state index < -0.39 is 0 Å². The van der Waals surface area contributed by atoms with E-state index in [0.29, 0.717) is 26.5 Å². The highest BCUT2D eigenvalue weighted by Gasteiger charge is 2.25. The van der Waals surface area contributed by atoms with E-state index in [1.807, 2.05) is 63.2 Å². The zero-order chi connectivity index (χ0) is 22.3. The van der Waals surface area contributed by atoms with Gasteiger partial charge in [-0.1, -0.05) is 30.3 Å². The maximum atomic E-state index is 12.9. The van der Waals surface area contributed by atoms with Gasteiger partial charge in [-0.05, 0) is 49.6 Å². The summed E-state index contributed by atoms with van der Waals surface area (Å²) in [6.07, 6.45) is 0. The number of fused-ring (bicyclic) bond motifs is 1. The molecule has 0 bridgehead atoms. The SMILES string of the molecule is Cc1ccccc1NC(=O)c1sc2sc(C(=O)Nc3cccc(C)c3C)c(N)c2c1N. The molecule has 158 valence electrons. The highest BCUT2D eigenvalue weighted by atomic mass is 32.2. The van der Waals surface area contributed by atoms with Gasteiger partial charge in [0.15, 0.2) is 0 Å². The van der Waals surface area contributed by atoms with Crippen molar-refractivity contribution in [3.8, 4) is 0 Å². The molecule has 0 unspecified atom stereocenters. The molecular weight excluding hydrogens is 428 g/mol. The monoisotopic (exact) mass is 450 g/mol. The van der Waals surface area contributed by atoms with Crippen molar-refractivity contribution in [2.45, 2.75) is 20.8 Å². The van der Waals surface area contributed by atoms with Crippen molar-refractivity contribution in [3.63, 3.8) is 0 Å². The van der Waals surface area contributed by atoms with Crippen molar-refractivity contribution in [1.29, 1.82) is 0 Å². The maximum absolute atomic E-state index is 12.9. The maximum Gasteiger partial charge on any atom is 0.267 e. The second kappa shape index (κ2) is 8.05. The first-order chi connectivity index (χ1) is 14.8. The summed E-state index contributed by atoms with van der Waals surface area (Å²) in [5.41, 5.74) is 17.7. The lowest BCUT2D eigenvalue weighted by atomic mass is 10.1. The number of thiophene rings is 2. The number of nitrogen functional groups attached to an aromatic ring is 2. The van der Waals surface area contributed by atoms with Crippen LogP contribution in [0, 0.1) is 20.8 Å². The number of para-hydroxylation sites is 1. The first kappa shape index (κ1) is 20.9. The van der Waals surface area contributed by atoms with Crippen LogP contribution in [-0.4, -0.2) is 11.8 Å². The van der Waals surface area contributed by atoms with Crippen molar-refractivity contribution in [2.75, 3.05) is 22.1 Å². The van der Waals surface area contributed by atoms with E-state index in [0.717, 1.165) is 32.1 Å². The fourth-order valence-corrected chi connectivity index (χ4v) is 5.70. The van der Waals surface area contributed by atoms with Crippen LogP contribution in [0.25, 0.3) is 9.40 Å². The molecular formula is C23H22N4O2S2. The van der Waals surface area contributed by atoms with Gasteiger partial charge in [0.2, 0.25) is 0 Å². The minimum absolute atomic E-state index is 0.287. The van der Waals surface area contributed by atoms with Gasteiger partial charge in [0.1, 0.15) is 9.75 Å². The first-order valence-corrected chi connectivity index (χ1v) is 11.3. The summed E-state index contributed by atoms with van der Waals surface area (Å²) < 4.78 is 0.746. The molecule has 0 radical (unpaired) electrons. The molecule has 4 aromatic rings. The first-order valence-electron chi connectivity index (χ1n) is 9.62. The van der Waals surface area contributed by atoms with Crippen molar-refractivity contribution < 1.29 is 9.59 Å². The standard InChI is InChI=1S/C23H22N4O2S2/c1-11-8-6-10-15(13(11)3)27-22(29)20-18(25)16-17(24)19(30-23(16)31-20)21(28)26-14-9-5-4-7-12(14)2/h4-10H,24-25H2,1-3H3,(H,26,28)(H,27,29). The topological polar surface area (TPSA) is 110 Å². The second-order valence-electron chi connectivity index (χ2n) is 7.32. The van der Waals surface area contributed by atoms with Gasteiger partial charge in [-0.15, -0.1) is 22.7 Å². The Morgan fingerprint density at radius 2 is 1.26 bits per heavy atom. The lowest BCUT2D eigenvalue weighted by molar-refractivity contribution is 0.102. The number of amides is 2. The molecule has 8 heteroatoms. The third-order valence-corrected chi connectivity index (χ3v) is 7.78. The number of nitrogens with one attached hydrogen (secondary N) is 2. The summed E-state index contributed by atoms with van der Waals surface area (Å²) in [5.74, 6) is -0.578. The third-order valence-electron chi connectivity index (χ3n) is 5.28. The highest BCUT2D eigenvalue weighted by molar-refractivity contribution is 7.40. The number of carbonyl (C=O) groups excluding carboxylic acids is 2. The van der Waals surface area contributed by atoms with Gasteiger partial charge in [0.25, 0.3) is 11.8 Å². The number of hydrogen-bond donors (Lipinski definition) is 4. The molecule has 0 aliphatic carbocycles. The van der Waals surface area contributed by atoms with Crippen molar-refractivity contribution in [1.82, 2.24) is 0 Å². The minimum Gasteiger partial charge on any atom is -0.397 e. The van der Waals surface area contributed by atoms with Crippen LogP contribution in [0.1, 0.15) is 36.0 Å². The second-order valence-corrected chi connectivity index (χ2v) is 9.62. The minimum atomic E-state index is -0.291. The van der Waals surface area contributed by atoms with Crippen molar-refractivity contribution >= 4 is 66.6 Å². The van der Waals surface area contributed by atoms with Gasteiger partial charge in [0, 0.05) is 11.4 Å². The predicted molar refractivity (Wildman–Crippen MR) is 132 cm³/mol. The van der Waals surface area contributed by atoms with Crippen LogP contribution in [0.3, 0.4) is 0 Å². The van der Waals surface area contributed by atoms with Crippen LogP contribution in [0.2, 0.25) is 0 Å². The fraction of sp³-hybridized carbons (Fsp3) is 0.130. The van der Waals surface area contributed by atoms with Crippen LogP contribution in [0.15, 0.2) is 42.5 Å². The number of anilines is 4. The molecule has 0 saturated carbocycles. The largest absolute Gasteiger partial charge is 0.397 e. The van der Waals surface area contributed by atoms with Crippen molar-refractivity contribution in [2.24, 2.45) is 0 Å². The highest BCUT2D eigenvalue weighted by Crippen LogP contribution is 2.45. The average Bonchev–Trinajstić information content (AvgIpc) is 3.24. The quantitative estimate of drug-likeness (QED) is 0.326. The Balaban J connectivity index is 1.63. The summed E-state index contributed by atoms with van der Waals surface area (Å²) in [5, 5.41) is 6.39. The Kier molecular flexibility index (Phi) is 5.43. The number of carbonyl (C=O) groups is 2. The summed E-state index contributed by atoms with van der Waals surface area (Å²) in [6.45, 7) is 5.87. The van der Waals surface area contributed by atoms with E-state index in [4.69, 9.17) is 11.5 Å². The van der Waals surface area contributed by atoms with Crippen LogP contribution in [-0.2, 0) is 0 Å². The molecule has 2 aromatic carbocycles. The molecule has 0 fully saturated rings. The molecule has 0 aliphatic heterocycles. The molecule has 2 heterocycles. The van der Waals surface area contributed by atoms with Crippen LogP contribution >= 0.6 is 22.7 Å². The fourth-order valence-electron chi connectivity index (χ4n) is 3.31. The Labute approximate surface area is 187 Å². The van der Waals surface area contributed by atoms with E-state index in [9.17, 15) is 9.59 Å².